The van der Waals surface area contributed by atoms with E-state index < -0.39 is 15.0 Å². The quantitative estimate of drug-likeness (QED) is 0.610. The molecule has 0 spiro atoms. The summed E-state index contributed by atoms with van der Waals surface area (Å²) in [4.78, 5) is 11.4. The number of carbonyl (C=O) groups is 1. The molecule has 1 aromatic rings. The molecule has 0 radical (unpaired) electrons. The topological polar surface area (TPSA) is 73.6 Å². The summed E-state index contributed by atoms with van der Waals surface area (Å²) in [6.45, 7) is 5.52. The number of esters is 1. The highest BCUT2D eigenvalue weighted by atomic mass is 79.9. The van der Waals surface area contributed by atoms with E-state index >= 15 is 0 Å². The minimum atomic E-state index is -3.97. The highest BCUT2D eigenvalue weighted by Crippen LogP contribution is 2.29. The van der Waals surface area contributed by atoms with Gasteiger partial charge in [-0.25, -0.2) is 13.2 Å². The van der Waals surface area contributed by atoms with Crippen molar-refractivity contribution < 1.29 is 22.4 Å². The van der Waals surface area contributed by atoms with Crippen LogP contribution in [0.15, 0.2) is 20.0 Å². The number of halogens is 2. The lowest BCUT2D eigenvalue weighted by molar-refractivity contribution is 0.0202. The Labute approximate surface area is 118 Å². The van der Waals surface area contributed by atoms with E-state index in [9.17, 15) is 13.2 Å². The van der Waals surface area contributed by atoms with E-state index in [1.165, 1.54) is 0 Å². The van der Waals surface area contributed by atoms with Crippen molar-refractivity contribution in [1.29, 1.82) is 0 Å². The van der Waals surface area contributed by atoms with Gasteiger partial charge in [-0.2, -0.15) is 0 Å². The number of ether oxygens (including phenoxy) is 1. The molecular formula is C10H12BrClO5S. The monoisotopic (exact) mass is 358 g/mol. The molecule has 102 valence electrons. The van der Waals surface area contributed by atoms with E-state index in [1.54, 1.807) is 6.92 Å². The van der Waals surface area contributed by atoms with Crippen LogP contribution in [0, 0.1) is 5.92 Å². The van der Waals surface area contributed by atoms with Gasteiger partial charge in [0, 0.05) is 16.7 Å². The normalized spacial score (nSPS) is 13.7. The summed E-state index contributed by atoms with van der Waals surface area (Å²) >= 11 is 2.88. The third-order valence-electron chi connectivity index (χ3n) is 2.35. The molecule has 0 saturated heterocycles. The SMILES string of the molecule is CC(C)C(C)OC(=O)c1cc(S(=O)(=O)Cl)c(Br)o1. The van der Waals surface area contributed by atoms with Crippen molar-refractivity contribution in [3.63, 3.8) is 0 Å². The summed E-state index contributed by atoms with van der Waals surface area (Å²) < 4.78 is 32.2. The maximum atomic E-state index is 11.7. The first kappa shape index (κ1) is 15.5. The molecule has 1 heterocycles. The Morgan fingerprint density at radius 3 is 2.39 bits per heavy atom. The summed E-state index contributed by atoms with van der Waals surface area (Å²) in [6, 6.07) is 1.03. The van der Waals surface area contributed by atoms with E-state index in [2.05, 4.69) is 15.9 Å². The second-order valence-electron chi connectivity index (χ2n) is 4.04. The van der Waals surface area contributed by atoms with Crippen molar-refractivity contribution in [1.82, 2.24) is 0 Å². The first-order chi connectivity index (χ1) is 8.12. The first-order valence-electron chi connectivity index (χ1n) is 5.08. The zero-order chi connectivity index (χ0) is 14.1. The molecule has 0 aliphatic heterocycles. The lowest BCUT2D eigenvalue weighted by Gasteiger charge is -2.15. The van der Waals surface area contributed by atoms with Crippen LogP contribution in [0.1, 0.15) is 31.3 Å². The van der Waals surface area contributed by atoms with Crippen LogP contribution in [0.2, 0.25) is 0 Å². The largest absolute Gasteiger partial charge is 0.457 e. The third-order valence-corrected chi connectivity index (χ3v) is 4.53. The Kier molecular flexibility index (Phi) is 4.85. The van der Waals surface area contributed by atoms with Crippen LogP contribution in [-0.4, -0.2) is 20.5 Å². The predicted octanol–water partition coefficient (Wildman–Crippen LogP) is 3.17. The molecule has 0 N–H and O–H groups in total. The highest BCUT2D eigenvalue weighted by molar-refractivity contribution is 9.10. The van der Waals surface area contributed by atoms with E-state index in [0.29, 0.717) is 0 Å². The van der Waals surface area contributed by atoms with Gasteiger partial charge in [0.15, 0.2) is 4.67 Å². The molecule has 0 aliphatic rings. The fourth-order valence-electron chi connectivity index (χ4n) is 0.982. The van der Waals surface area contributed by atoms with Gasteiger partial charge in [0.25, 0.3) is 9.05 Å². The molecule has 18 heavy (non-hydrogen) atoms. The Bertz CT molecular complexity index is 549. The molecule has 1 aromatic heterocycles. The minimum absolute atomic E-state index is 0.123. The van der Waals surface area contributed by atoms with Crippen molar-refractivity contribution in [3.8, 4) is 0 Å². The molecule has 0 saturated carbocycles. The number of hydrogen-bond donors (Lipinski definition) is 0. The molecule has 1 unspecified atom stereocenters. The van der Waals surface area contributed by atoms with Crippen molar-refractivity contribution in [2.24, 2.45) is 5.92 Å². The fraction of sp³-hybridized carbons (Fsp3) is 0.500. The Morgan fingerprint density at radius 2 is 2.00 bits per heavy atom. The maximum Gasteiger partial charge on any atom is 0.374 e. The Balaban J connectivity index is 2.96. The van der Waals surface area contributed by atoms with Gasteiger partial charge in [-0.05, 0) is 28.8 Å². The predicted molar refractivity (Wildman–Crippen MR) is 69.2 cm³/mol. The molecule has 0 bridgehead atoms. The average Bonchev–Trinajstić information content (AvgIpc) is 2.59. The van der Waals surface area contributed by atoms with Crippen LogP contribution >= 0.6 is 26.6 Å². The molecule has 8 heteroatoms. The van der Waals surface area contributed by atoms with Gasteiger partial charge >= 0.3 is 5.97 Å². The molecule has 0 amide bonds. The minimum Gasteiger partial charge on any atom is -0.457 e. The van der Waals surface area contributed by atoms with Crippen molar-refractivity contribution in [2.75, 3.05) is 0 Å². The number of carbonyl (C=O) groups excluding carboxylic acids is 1. The van der Waals surface area contributed by atoms with Crippen molar-refractivity contribution in [2.45, 2.75) is 31.8 Å². The average molecular weight is 360 g/mol. The molecule has 5 nitrogen and oxygen atoms in total. The van der Waals surface area contributed by atoms with Gasteiger partial charge in [0.2, 0.25) is 5.76 Å². The van der Waals surface area contributed by atoms with E-state index in [-0.39, 0.29) is 27.3 Å². The van der Waals surface area contributed by atoms with Gasteiger partial charge in [0.1, 0.15) is 11.0 Å². The fourth-order valence-corrected chi connectivity index (χ4v) is 3.01. The van der Waals surface area contributed by atoms with Gasteiger partial charge in [-0.3, -0.25) is 0 Å². The van der Waals surface area contributed by atoms with Gasteiger partial charge in [0.05, 0.1) is 0 Å². The van der Waals surface area contributed by atoms with E-state index in [0.717, 1.165) is 6.07 Å². The molecule has 1 rings (SSSR count). The molecule has 1 atom stereocenters. The van der Waals surface area contributed by atoms with Crippen LogP contribution in [0.25, 0.3) is 0 Å². The second kappa shape index (κ2) is 5.63. The maximum absolute atomic E-state index is 11.7. The lowest BCUT2D eigenvalue weighted by Crippen LogP contribution is -2.19. The number of furan rings is 1. The van der Waals surface area contributed by atoms with Crippen LogP contribution in [0.5, 0.6) is 0 Å². The summed E-state index contributed by atoms with van der Waals surface area (Å²) in [7, 11) is 1.20. The number of rotatable bonds is 4. The zero-order valence-corrected chi connectivity index (χ0v) is 13.1. The molecular weight excluding hydrogens is 348 g/mol. The Morgan fingerprint density at radius 1 is 1.44 bits per heavy atom. The summed E-state index contributed by atoms with van der Waals surface area (Å²) in [5.74, 6) is -0.805. The smallest absolute Gasteiger partial charge is 0.374 e. The second-order valence-corrected chi connectivity index (χ2v) is 7.30. The Hall–Kier alpha value is -0.530. The molecule has 0 fully saturated rings. The zero-order valence-electron chi connectivity index (χ0n) is 9.94. The standard InChI is InChI=1S/C10H12BrClO5S/c1-5(2)6(3)16-10(13)7-4-8(9(11)17-7)18(12,14)15/h4-6H,1-3H3. The van der Waals surface area contributed by atoms with Crippen molar-refractivity contribution in [3.05, 3.63) is 16.5 Å². The molecule has 0 aliphatic carbocycles. The van der Waals surface area contributed by atoms with Crippen LogP contribution in [0.3, 0.4) is 0 Å². The summed E-state index contributed by atoms with van der Waals surface area (Å²) in [6.07, 6.45) is -0.308. The van der Waals surface area contributed by atoms with E-state index in [4.69, 9.17) is 19.8 Å². The lowest BCUT2D eigenvalue weighted by atomic mass is 10.1. The van der Waals surface area contributed by atoms with Gasteiger partial charge < -0.3 is 9.15 Å². The van der Waals surface area contributed by atoms with Gasteiger partial charge in [-0.15, -0.1) is 0 Å². The third kappa shape index (κ3) is 3.73. The van der Waals surface area contributed by atoms with Crippen LogP contribution in [0.4, 0.5) is 0 Å². The first-order valence-corrected chi connectivity index (χ1v) is 8.18. The van der Waals surface area contributed by atoms with Crippen LogP contribution in [-0.2, 0) is 13.8 Å². The number of hydrogen-bond acceptors (Lipinski definition) is 5. The van der Waals surface area contributed by atoms with E-state index in [1.807, 2.05) is 13.8 Å². The van der Waals surface area contributed by atoms with Gasteiger partial charge in [-0.1, -0.05) is 13.8 Å². The summed E-state index contributed by atoms with van der Waals surface area (Å²) in [5.41, 5.74) is 0. The van der Waals surface area contributed by atoms with Crippen LogP contribution < -0.4 is 0 Å². The highest BCUT2D eigenvalue weighted by Gasteiger charge is 2.25. The summed E-state index contributed by atoms with van der Waals surface area (Å²) in [5, 5.41) is 0. The molecule has 0 aromatic carbocycles. The van der Waals surface area contributed by atoms with Crippen molar-refractivity contribution >= 4 is 41.6 Å².